The number of amides is 1. The molecule has 4 rings (SSSR count). The lowest BCUT2D eigenvalue weighted by molar-refractivity contribution is -0.121. The maximum atomic E-state index is 12.6. The second-order valence-electron chi connectivity index (χ2n) is 7.78. The van der Waals surface area contributed by atoms with Gasteiger partial charge < -0.3 is 14.8 Å². The molecular formula is C23H26N4O4. The molecule has 0 unspecified atom stereocenters. The molecule has 3 aromatic rings. The predicted molar refractivity (Wildman–Crippen MR) is 115 cm³/mol. The van der Waals surface area contributed by atoms with Crippen LogP contribution in [-0.2, 0) is 21.4 Å². The highest BCUT2D eigenvalue weighted by Gasteiger charge is 2.34. The normalized spacial score (nSPS) is 15.5. The van der Waals surface area contributed by atoms with Gasteiger partial charge >= 0.3 is 0 Å². The molecule has 162 valence electrons. The van der Waals surface area contributed by atoms with Gasteiger partial charge in [0.05, 0.1) is 7.11 Å². The summed E-state index contributed by atoms with van der Waals surface area (Å²) in [5.41, 5.74) is 1.52. The minimum absolute atomic E-state index is 0.112. The number of rotatable bonds is 7. The summed E-state index contributed by atoms with van der Waals surface area (Å²) in [6, 6.07) is 13.3. The molecule has 0 atom stereocenters. The Hall–Kier alpha value is -3.26. The number of nitrogens with one attached hydrogen (secondary N) is 1. The molecule has 8 nitrogen and oxygen atoms in total. The number of nitrogens with zero attached hydrogens (tertiary/aromatic N) is 3. The Bertz CT molecular complexity index is 1100. The van der Waals surface area contributed by atoms with Crippen molar-refractivity contribution < 1.29 is 14.3 Å². The number of aryl methyl sites for hydroxylation is 1. The van der Waals surface area contributed by atoms with E-state index in [9.17, 15) is 9.59 Å². The van der Waals surface area contributed by atoms with E-state index in [0.29, 0.717) is 25.4 Å². The lowest BCUT2D eigenvalue weighted by Crippen LogP contribution is -2.44. The smallest absolute Gasteiger partial charge is 0.279 e. The molecule has 1 fully saturated rings. The van der Waals surface area contributed by atoms with Crippen molar-refractivity contribution in [2.24, 2.45) is 0 Å². The third kappa shape index (κ3) is 4.59. The highest BCUT2D eigenvalue weighted by Crippen LogP contribution is 2.35. The van der Waals surface area contributed by atoms with Crippen LogP contribution in [0.2, 0.25) is 0 Å². The molecule has 0 saturated carbocycles. The van der Waals surface area contributed by atoms with Gasteiger partial charge in [0, 0.05) is 44.2 Å². The largest absolute Gasteiger partial charge is 0.497 e. The maximum absolute atomic E-state index is 12.6. The van der Waals surface area contributed by atoms with Crippen LogP contribution < -0.4 is 15.6 Å². The Morgan fingerprint density at radius 1 is 1.16 bits per heavy atom. The zero-order valence-corrected chi connectivity index (χ0v) is 17.5. The predicted octanol–water partition coefficient (Wildman–Crippen LogP) is 1.90. The number of benzene rings is 1. The zero-order chi connectivity index (χ0) is 21.7. The molecular weight excluding hydrogens is 396 g/mol. The van der Waals surface area contributed by atoms with E-state index in [0.717, 1.165) is 24.2 Å². The fourth-order valence-electron chi connectivity index (χ4n) is 4.00. The van der Waals surface area contributed by atoms with Gasteiger partial charge in [-0.1, -0.05) is 18.2 Å². The first-order valence-corrected chi connectivity index (χ1v) is 10.4. The average Bonchev–Trinajstić information content (AvgIpc) is 2.83. The summed E-state index contributed by atoms with van der Waals surface area (Å²) in [6.07, 6.45) is 3.74. The summed E-state index contributed by atoms with van der Waals surface area (Å²) in [5, 5.41) is 11.1. The Labute approximate surface area is 180 Å². The standard InChI is InChI=1S/C23H26N4O4/c1-30-18-7-5-17(6-8-18)23(11-14-31-15-12-23)16-24-21(28)10-9-19-22(29)27-13-3-2-4-20(27)26-25-19/h2-8,13H,9-12,14-16H2,1H3,(H,24,28). The third-order valence-corrected chi connectivity index (χ3v) is 5.94. The summed E-state index contributed by atoms with van der Waals surface area (Å²) in [5.74, 6) is 0.691. The number of pyridine rings is 1. The van der Waals surface area contributed by atoms with Gasteiger partial charge in [0.1, 0.15) is 11.4 Å². The molecule has 2 aromatic heterocycles. The van der Waals surface area contributed by atoms with Crippen LogP contribution in [0.3, 0.4) is 0 Å². The first-order valence-electron chi connectivity index (χ1n) is 10.4. The number of carbonyl (C=O) groups is 1. The Kier molecular flexibility index (Phi) is 6.27. The van der Waals surface area contributed by atoms with E-state index < -0.39 is 0 Å². The maximum Gasteiger partial charge on any atom is 0.279 e. The minimum atomic E-state index is -0.238. The molecule has 3 heterocycles. The molecule has 1 N–H and O–H groups in total. The van der Waals surface area contributed by atoms with Gasteiger partial charge in [-0.2, -0.15) is 0 Å². The minimum Gasteiger partial charge on any atom is -0.497 e. The van der Waals surface area contributed by atoms with E-state index in [1.165, 1.54) is 4.40 Å². The van der Waals surface area contributed by atoms with Gasteiger partial charge in [-0.15, -0.1) is 10.2 Å². The van der Waals surface area contributed by atoms with Crippen LogP contribution in [-0.4, -0.2) is 47.4 Å². The number of aromatic nitrogens is 3. The van der Waals surface area contributed by atoms with Crippen molar-refractivity contribution >= 4 is 11.6 Å². The van der Waals surface area contributed by atoms with Crippen LogP contribution in [0.25, 0.3) is 5.65 Å². The quantitative estimate of drug-likeness (QED) is 0.625. The van der Waals surface area contributed by atoms with Crippen LogP contribution in [0.15, 0.2) is 53.5 Å². The average molecular weight is 422 g/mol. The van der Waals surface area contributed by atoms with E-state index in [1.807, 2.05) is 12.1 Å². The first kappa shape index (κ1) is 21.0. The first-order chi connectivity index (χ1) is 15.1. The van der Waals surface area contributed by atoms with Crippen molar-refractivity contribution in [3.63, 3.8) is 0 Å². The number of ether oxygens (including phenoxy) is 2. The van der Waals surface area contributed by atoms with E-state index in [1.54, 1.807) is 31.5 Å². The molecule has 0 spiro atoms. The van der Waals surface area contributed by atoms with Crippen LogP contribution in [0.1, 0.15) is 30.5 Å². The highest BCUT2D eigenvalue weighted by molar-refractivity contribution is 5.76. The highest BCUT2D eigenvalue weighted by atomic mass is 16.5. The summed E-state index contributed by atoms with van der Waals surface area (Å²) >= 11 is 0. The number of hydrogen-bond acceptors (Lipinski definition) is 6. The van der Waals surface area contributed by atoms with Crippen molar-refractivity contribution in [2.75, 3.05) is 26.9 Å². The number of hydrogen-bond donors (Lipinski definition) is 1. The summed E-state index contributed by atoms with van der Waals surface area (Å²) in [7, 11) is 1.64. The van der Waals surface area contributed by atoms with Gasteiger partial charge in [0.2, 0.25) is 5.91 Å². The number of carbonyl (C=O) groups excluding carboxylic acids is 1. The monoisotopic (exact) mass is 422 g/mol. The van der Waals surface area contributed by atoms with Crippen molar-refractivity contribution in [2.45, 2.75) is 31.1 Å². The Morgan fingerprint density at radius 2 is 1.94 bits per heavy atom. The van der Waals surface area contributed by atoms with E-state index in [-0.39, 0.29) is 35.4 Å². The van der Waals surface area contributed by atoms with Gasteiger partial charge in [0.15, 0.2) is 5.65 Å². The van der Waals surface area contributed by atoms with Crippen LogP contribution in [0.5, 0.6) is 5.75 Å². The van der Waals surface area contributed by atoms with Gasteiger partial charge in [-0.25, -0.2) is 0 Å². The second kappa shape index (κ2) is 9.26. The molecule has 0 aliphatic carbocycles. The molecule has 31 heavy (non-hydrogen) atoms. The second-order valence-corrected chi connectivity index (χ2v) is 7.78. The lowest BCUT2D eigenvalue weighted by Gasteiger charge is -2.38. The molecule has 1 amide bonds. The third-order valence-electron chi connectivity index (χ3n) is 5.94. The van der Waals surface area contributed by atoms with Crippen molar-refractivity contribution in [1.82, 2.24) is 19.9 Å². The van der Waals surface area contributed by atoms with E-state index >= 15 is 0 Å². The molecule has 1 aliphatic rings. The zero-order valence-electron chi connectivity index (χ0n) is 17.5. The molecule has 0 bridgehead atoms. The summed E-state index contributed by atoms with van der Waals surface area (Å²) < 4.78 is 12.3. The van der Waals surface area contributed by atoms with E-state index in [2.05, 4.69) is 27.6 Å². The fourth-order valence-corrected chi connectivity index (χ4v) is 4.00. The molecule has 1 saturated heterocycles. The van der Waals surface area contributed by atoms with Crippen molar-refractivity contribution in [3.8, 4) is 5.75 Å². The van der Waals surface area contributed by atoms with Crippen LogP contribution >= 0.6 is 0 Å². The van der Waals surface area contributed by atoms with E-state index in [4.69, 9.17) is 9.47 Å². The molecule has 0 radical (unpaired) electrons. The van der Waals surface area contributed by atoms with Gasteiger partial charge in [-0.05, 0) is 42.7 Å². The number of methoxy groups -OCH3 is 1. The Morgan fingerprint density at radius 3 is 2.68 bits per heavy atom. The SMILES string of the molecule is COc1ccc(C2(CNC(=O)CCc3nnc4ccccn4c3=O)CCOCC2)cc1. The lowest BCUT2D eigenvalue weighted by atomic mass is 9.74. The number of fused-ring (bicyclic) bond motifs is 1. The van der Waals surface area contributed by atoms with Gasteiger partial charge in [0.25, 0.3) is 5.56 Å². The van der Waals surface area contributed by atoms with Crippen LogP contribution in [0, 0.1) is 0 Å². The topological polar surface area (TPSA) is 94.8 Å². The fraction of sp³-hybridized carbons (Fsp3) is 0.391. The van der Waals surface area contributed by atoms with Crippen molar-refractivity contribution in [1.29, 1.82) is 0 Å². The van der Waals surface area contributed by atoms with Crippen LogP contribution in [0.4, 0.5) is 0 Å². The molecule has 1 aromatic carbocycles. The van der Waals surface area contributed by atoms with Crippen molar-refractivity contribution in [3.05, 3.63) is 70.3 Å². The summed E-state index contributed by atoms with van der Waals surface area (Å²) in [6.45, 7) is 1.83. The Balaban J connectivity index is 1.41. The van der Waals surface area contributed by atoms with Gasteiger partial charge in [-0.3, -0.25) is 14.0 Å². The molecule has 1 aliphatic heterocycles. The summed E-state index contributed by atoms with van der Waals surface area (Å²) in [4.78, 5) is 25.1. The molecule has 8 heteroatoms.